The van der Waals surface area contributed by atoms with Gasteiger partial charge in [-0.1, -0.05) is 19.1 Å². The van der Waals surface area contributed by atoms with Crippen LogP contribution in [0.3, 0.4) is 0 Å². The van der Waals surface area contributed by atoms with Gasteiger partial charge in [-0.2, -0.15) is 4.31 Å². The Labute approximate surface area is 165 Å². The first kappa shape index (κ1) is 20.5. The van der Waals surface area contributed by atoms with Crippen LogP contribution in [-0.2, 0) is 21.3 Å². The first-order valence-electron chi connectivity index (χ1n) is 9.39. The van der Waals surface area contributed by atoms with E-state index < -0.39 is 10.0 Å². The zero-order chi connectivity index (χ0) is 20.3. The van der Waals surface area contributed by atoms with E-state index in [1.165, 1.54) is 17.7 Å². The molecule has 8 nitrogen and oxygen atoms in total. The van der Waals surface area contributed by atoms with Crippen LogP contribution < -0.4 is 0 Å². The molecule has 28 heavy (non-hydrogen) atoms. The molecule has 0 atom stereocenters. The lowest BCUT2D eigenvalue weighted by Crippen LogP contribution is -2.35. The summed E-state index contributed by atoms with van der Waals surface area (Å²) in [6, 6.07) is 6.78. The summed E-state index contributed by atoms with van der Waals surface area (Å²) in [7, 11) is -2.20. The van der Waals surface area contributed by atoms with Crippen LogP contribution >= 0.6 is 0 Å². The molecule has 0 aliphatic carbocycles. The molecule has 0 saturated heterocycles. The van der Waals surface area contributed by atoms with E-state index in [-0.39, 0.29) is 30.5 Å². The summed E-state index contributed by atoms with van der Waals surface area (Å²) in [4.78, 5) is 19.4. The van der Waals surface area contributed by atoms with E-state index in [4.69, 9.17) is 4.74 Å². The fourth-order valence-electron chi connectivity index (χ4n) is 3.39. The predicted octanol–water partition coefficient (Wildman–Crippen LogP) is 1.90. The van der Waals surface area contributed by atoms with Crippen LogP contribution in [0.25, 0.3) is 5.69 Å². The van der Waals surface area contributed by atoms with Gasteiger partial charge in [-0.25, -0.2) is 13.4 Å². The largest absolute Gasteiger partial charge is 0.383 e. The molecule has 0 N–H and O–H groups in total. The van der Waals surface area contributed by atoms with Gasteiger partial charge in [0.2, 0.25) is 10.0 Å². The van der Waals surface area contributed by atoms with Crippen LogP contribution in [0, 0.1) is 0 Å². The van der Waals surface area contributed by atoms with E-state index in [0.717, 1.165) is 6.42 Å². The number of fused-ring (bicyclic) bond motifs is 3. The van der Waals surface area contributed by atoms with E-state index in [0.29, 0.717) is 30.2 Å². The Morgan fingerprint density at radius 1 is 1.29 bits per heavy atom. The fourth-order valence-corrected chi connectivity index (χ4v) is 4.96. The van der Waals surface area contributed by atoms with Gasteiger partial charge in [-0.05, 0) is 25.5 Å². The molecule has 1 aliphatic heterocycles. The van der Waals surface area contributed by atoms with Crippen molar-refractivity contribution >= 4 is 15.9 Å². The summed E-state index contributed by atoms with van der Waals surface area (Å²) >= 11 is 0. The number of amides is 1. The molecule has 1 aromatic heterocycles. The molecule has 2 heterocycles. The van der Waals surface area contributed by atoms with Crippen LogP contribution in [0.4, 0.5) is 0 Å². The zero-order valence-electron chi connectivity index (χ0n) is 16.5. The second-order valence-corrected chi connectivity index (χ2v) is 8.50. The van der Waals surface area contributed by atoms with Gasteiger partial charge in [0.05, 0.1) is 24.5 Å². The van der Waals surface area contributed by atoms with Gasteiger partial charge >= 0.3 is 0 Å². The summed E-state index contributed by atoms with van der Waals surface area (Å²) in [6.07, 6.45) is 2.38. The first-order valence-corrected chi connectivity index (χ1v) is 10.8. The fraction of sp³-hybridized carbons (Fsp3) is 0.474. The number of hydrogen-bond acceptors (Lipinski definition) is 5. The molecular formula is C19H26N4O4S. The number of para-hydroxylation sites is 1. The van der Waals surface area contributed by atoms with E-state index in [2.05, 4.69) is 4.98 Å². The van der Waals surface area contributed by atoms with Crippen molar-refractivity contribution in [1.82, 2.24) is 18.8 Å². The molecule has 0 fully saturated rings. The van der Waals surface area contributed by atoms with Gasteiger partial charge in [-0.3, -0.25) is 9.36 Å². The van der Waals surface area contributed by atoms with Gasteiger partial charge in [0.1, 0.15) is 11.2 Å². The predicted molar refractivity (Wildman–Crippen MR) is 105 cm³/mol. The Hall–Kier alpha value is -2.23. The highest BCUT2D eigenvalue weighted by atomic mass is 32.2. The minimum atomic E-state index is -3.73. The van der Waals surface area contributed by atoms with Gasteiger partial charge in [-0.15, -0.1) is 0 Å². The highest BCUT2D eigenvalue weighted by Crippen LogP contribution is 2.31. The number of aromatic nitrogens is 2. The van der Waals surface area contributed by atoms with Crippen molar-refractivity contribution in [3.63, 3.8) is 0 Å². The maximum atomic E-state index is 13.2. The normalized spacial score (nSPS) is 15.5. The molecule has 9 heteroatoms. The number of ether oxygens (including phenoxy) is 1. The molecule has 0 saturated carbocycles. The molecule has 1 amide bonds. The third-order valence-corrected chi connectivity index (χ3v) is 6.74. The Morgan fingerprint density at radius 3 is 2.71 bits per heavy atom. The molecular weight excluding hydrogens is 380 g/mol. The topological polar surface area (TPSA) is 84.7 Å². The van der Waals surface area contributed by atoms with Crippen LogP contribution in [-0.4, -0.2) is 66.4 Å². The van der Waals surface area contributed by atoms with Crippen molar-refractivity contribution < 1.29 is 17.9 Å². The number of imidazole rings is 1. The summed E-state index contributed by atoms with van der Waals surface area (Å²) in [5.41, 5.74) is 1.37. The molecule has 0 bridgehead atoms. The molecule has 0 radical (unpaired) electrons. The SMILES string of the molecule is CCCN(CC)C(=O)c1ncn2c1CN(CCOC)S(=O)(=O)c1ccccc1-2. The van der Waals surface area contributed by atoms with E-state index in [1.54, 1.807) is 33.7 Å². The summed E-state index contributed by atoms with van der Waals surface area (Å²) in [5, 5.41) is 0. The summed E-state index contributed by atoms with van der Waals surface area (Å²) < 4.78 is 34.6. The van der Waals surface area contributed by atoms with Crippen molar-refractivity contribution in [3.05, 3.63) is 42.0 Å². The van der Waals surface area contributed by atoms with Gasteiger partial charge in [0.15, 0.2) is 5.69 Å². The van der Waals surface area contributed by atoms with E-state index in [1.807, 2.05) is 13.8 Å². The number of methoxy groups -OCH3 is 1. The number of carbonyl (C=O) groups excluding carboxylic acids is 1. The van der Waals surface area contributed by atoms with Gasteiger partial charge in [0, 0.05) is 26.7 Å². The Morgan fingerprint density at radius 2 is 2.04 bits per heavy atom. The number of benzene rings is 1. The molecule has 2 aromatic rings. The highest BCUT2D eigenvalue weighted by Gasteiger charge is 2.35. The van der Waals surface area contributed by atoms with Gasteiger partial charge in [0.25, 0.3) is 5.91 Å². The summed E-state index contributed by atoms with van der Waals surface area (Å²) in [6.45, 7) is 5.65. The van der Waals surface area contributed by atoms with Crippen LogP contribution in [0.5, 0.6) is 0 Å². The van der Waals surface area contributed by atoms with Crippen molar-refractivity contribution in [2.24, 2.45) is 0 Å². The third-order valence-electron chi connectivity index (χ3n) is 4.85. The van der Waals surface area contributed by atoms with Crippen molar-refractivity contribution in [1.29, 1.82) is 0 Å². The van der Waals surface area contributed by atoms with Crippen LogP contribution in [0.1, 0.15) is 36.5 Å². The van der Waals surface area contributed by atoms with Gasteiger partial charge < -0.3 is 9.64 Å². The molecule has 0 spiro atoms. The quantitative estimate of drug-likeness (QED) is 0.701. The lowest BCUT2D eigenvalue weighted by molar-refractivity contribution is 0.0757. The standard InChI is InChI=1S/C19H26N4O4S/c1-4-10-21(5-2)19(24)18-16-13-22(11-12-27-3)28(25,26)17-9-7-6-8-15(17)23(16)14-20-18/h6-9,14H,4-5,10-13H2,1-3H3. The smallest absolute Gasteiger partial charge is 0.274 e. The first-order chi connectivity index (χ1) is 13.5. The number of sulfonamides is 1. The second-order valence-electron chi connectivity index (χ2n) is 6.59. The maximum Gasteiger partial charge on any atom is 0.274 e. The minimum Gasteiger partial charge on any atom is -0.383 e. The molecule has 1 aliphatic rings. The van der Waals surface area contributed by atoms with Crippen LogP contribution in [0.2, 0.25) is 0 Å². The highest BCUT2D eigenvalue weighted by molar-refractivity contribution is 7.89. The lowest BCUT2D eigenvalue weighted by Gasteiger charge is -2.22. The minimum absolute atomic E-state index is 0.0606. The Bertz CT molecular complexity index is 955. The van der Waals surface area contributed by atoms with Crippen LogP contribution in [0.15, 0.2) is 35.5 Å². The van der Waals surface area contributed by atoms with E-state index in [9.17, 15) is 13.2 Å². The summed E-state index contributed by atoms with van der Waals surface area (Å²) in [5.74, 6) is -0.179. The number of nitrogens with zero attached hydrogens (tertiary/aromatic N) is 4. The second kappa shape index (κ2) is 8.42. The maximum absolute atomic E-state index is 13.2. The van der Waals surface area contributed by atoms with E-state index >= 15 is 0 Å². The number of rotatable bonds is 7. The Balaban J connectivity index is 2.14. The number of hydrogen-bond donors (Lipinski definition) is 0. The molecule has 3 rings (SSSR count). The van der Waals surface area contributed by atoms with Crippen molar-refractivity contribution in [3.8, 4) is 5.69 Å². The third kappa shape index (κ3) is 3.57. The average molecular weight is 407 g/mol. The number of carbonyl (C=O) groups is 1. The molecule has 1 aromatic carbocycles. The van der Waals surface area contributed by atoms with Crippen molar-refractivity contribution in [2.75, 3.05) is 33.4 Å². The average Bonchev–Trinajstić information content (AvgIpc) is 3.08. The Kier molecular flexibility index (Phi) is 6.17. The van der Waals surface area contributed by atoms with Crippen molar-refractivity contribution in [2.45, 2.75) is 31.7 Å². The molecule has 0 unspecified atom stereocenters. The molecule has 152 valence electrons. The monoisotopic (exact) mass is 406 g/mol. The lowest BCUT2D eigenvalue weighted by atomic mass is 10.2. The zero-order valence-corrected chi connectivity index (χ0v) is 17.3.